The molecule has 2 aromatic rings. The van der Waals surface area contributed by atoms with Gasteiger partial charge in [0.2, 0.25) is 0 Å². The van der Waals surface area contributed by atoms with Crippen LogP contribution in [0, 0.1) is 0 Å². The number of thiazole rings is 1. The zero-order chi connectivity index (χ0) is 19.6. The monoisotopic (exact) mass is 410 g/mol. The Balaban J connectivity index is 2.07. The molecule has 0 fully saturated rings. The van der Waals surface area contributed by atoms with E-state index in [0.717, 1.165) is 29.5 Å². The number of hydrogen-bond acceptors (Lipinski definition) is 5. The fourth-order valence-electron chi connectivity index (χ4n) is 2.41. The zero-order valence-electron chi connectivity index (χ0n) is 16.3. The van der Waals surface area contributed by atoms with Crippen LogP contribution >= 0.6 is 22.9 Å². The molecule has 0 bridgehead atoms. The van der Waals surface area contributed by atoms with Gasteiger partial charge in [-0.2, -0.15) is 0 Å². The van der Waals surface area contributed by atoms with Gasteiger partial charge in [0.05, 0.1) is 31.8 Å². The third-order valence-electron chi connectivity index (χ3n) is 3.70. The van der Waals surface area contributed by atoms with E-state index in [4.69, 9.17) is 21.1 Å². The lowest BCUT2D eigenvalue weighted by molar-refractivity contribution is 0.311. The minimum atomic E-state index is 0.468. The van der Waals surface area contributed by atoms with Crippen molar-refractivity contribution in [3.63, 3.8) is 0 Å². The van der Waals surface area contributed by atoms with E-state index < -0.39 is 0 Å². The van der Waals surface area contributed by atoms with Crippen LogP contribution in [-0.2, 0) is 19.5 Å². The van der Waals surface area contributed by atoms with Crippen LogP contribution in [0.3, 0.4) is 0 Å². The second-order valence-corrected chi connectivity index (χ2v) is 7.27. The van der Waals surface area contributed by atoms with Crippen molar-refractivity contribution in [1.82, 2.24) is 15.6 Å². The van der Waals surface area contributed by atoms with Gasteiger partial charge in [-0.25, -0.2) is 9.98 Å². The highest BCUT2D eigenvalue weighted by Gasteiger charge is 2.11. The first-order valence-corrected chi connectivity index (χ1v) is 10.3. The van der Waals surface area contributed by atoms with Crippen LogP contribution in [0.4, 0.5) is 0 Å². The summed E-state index contributed by atoms with van der Waals surface area (Å²) in [5.74, 6) is 1.91. The summed E-state index contributed by atoms with van der Waals surface area (Å²) < 4.78 is 10.9. The van der Waals surface area contributed by atoms with Crippen molar-refractivity contribution in [2.75, 3.05) is 20.3 Å². The molecule has 0 saturated carbocycles. The van der Waals surface area contributed by atoms with Gasteiger partial charge in [-0.3, -0.25) is 0 Å². The van der Waals surface area contributed by atoms with Gasteiger partial charge < -0.3 is 20.1 Å². The molecule has 0 unspecified atom stereocenters. The number of halogens is 1. The SMILES string of the molecule is CCNC(=NCc1cc(Cl)c(OCC)c(OC)c1)NCc1ncc(CC)s1. The molecule has 1 heterocycles. The summed E-state index contributed by atoms with van der Waals surface area (Å²) >= 11 is 8.05. The Morgan fingerprint density at radius 3 is 2.70 bits per heavy atom. The number of hydrogen-bond donors (Lipinski definition) is 2. The van der Waals surface area contributed by atoms with E-state index in [9.17, 15) is 0 Å². The predicted molar refractivity (Wildman–Crippen MR) is 112 cm³/mol. The van der Waals surface area contributed by atoms with Crippen LogP contribution in [0.15, 0.2) is 23.3 Å². The summed E-state index contributed by atoms with van der Waals surface area (Å²) in [4.78, 5) is 10.3. The zero-order valence-corrected chi connectivity index (χ0v) is 17.8. The third-order valence-corrected chi connectivity index (χ3v) is 5.12. The first-order chi connectivity index (χ1) is 13.1. The topological polar surface area (TPSA) is 67.8 Å². The van der Waals surface area contributed by atoms with Gasteiger partial charge in [0, 0.05) is 17.6 Å². The first-order valence-electron chi connectivity index (χ1n) is 9.06. The molecule has 148 valence electrons. The van der Waals surface area contributed by atoms with Gasteiger partial charge in [0.1, 0.15) is 5.01 Å². The Bertz CT molecular complexity index is 764. The lowest BCUT2D eigenvalue weighted by atomic mass is 10.2. The molecule has 1 aromatic carbocycles. The van der Waals surface area contributed by atoms with E-state index in [1.54, 1.807) is 18.4 Å². The highest BCUT2D eigenvalue weighted by molar-refractivity contribution is 7.11. The number of methoxy groups -OCH3 is 1. The van der Waals surface area contributed by atoms with Crippen molar-refractivity contribution >= 4 is 28.9 Å². The van der Waals surface area contributed by atoms with Crippen molar-refractivity contribution in [2.24, 2.45) is 4.99 Å². The van der Waals surface area contributed by atoms with E-state index in [2.05, 4.69) is 27.5 Å². The molecule has 6 nitrogen and oxygen atoms in total. The molecule has 0 radical (unpaired) electrons. The van der Waals surface area contributed by atoms with Gasteiger partial charge in [0.15, 0.2) is 17.5 Å². The molecule has 2 N–H and O–H groups in total. The summed E-state index contributed by atoms with van der Waals surface area (Å²) in [6, 6.07) is 3.76. The van der Waals surface area contributed by atoms with Gasteiger partial charge >= 0.3 is 0 Å². The molecule has 0 saturated heterocycles. The molecule has 0 aliphatic rings. The van der Waals surface area contributed by atoms with Crippen LogP contribution < -0.4 is 20.1 Å². The number of rotatable bonds is 9. The maximum Gasteiger partial charge on any atom is 0.191 e. The Morgan fingerprint density at radius 2 is 2.07 bits per heavy atom. The van der Waals surface area contributed by atoms with Gasteiger partial charge in [0.25, 0.3) is 0 Å². The molecule has 0 aliphatic carbocycles. The van der Waals surface area contributed by atoms with E-state index in [1.807, 2.05) is 32.2 Å². The average Bonchev–Trinajstić information content (AvgIpc) is 3.14. The maximum atomic E-state index is 6.33. The van der Waals surface area contributed by atoms with Crippen LogP contribution in [0.5, 0.6) is 11.5 Å². The number of ether oxygens (including phenoxy) is 2. The van der Waals surface area contributed by atoms with Crippen LogP contribution in [0.2, 0.25) is 5.02 Å². The summed E-state index contributed by atoms with van der Waals surface area (Å²) in [5.41, 5.74) is 0.944. The molecule has 0 amide bonds. The summed E-state index contributed by atoms with van der Waals surface area (Å²) in [7, 11) is 1.60. The second kappa shape index (κ2) is 11.0. The van der Waals surface area contributed by atoms with E-state index in [-0.39, 0.29) is 0 Å². The van der Waals surface area contributed by atoms with E-state index in [0.29, 0.717) is 36.2 Å². The number of benzene rings is 1. The molecular formula is C19H27ClN4O2S. The van der Waals surface area contributed by atoms with Crippen molar-refractivity contribution < 1.29 is 9.47 Å². The average molecular weight is 411 g/mol. The number of guanidine groups is 1. The molecular weight excluding hydrogens is 384 g/mol. The lowest BCUT2D eigenvalue weighted by Crippen LogP contribution is -2.36. The smallest absolute Gasteiger partial charge is 0.191 e. The molecule has 0 aliphatic heterocycles. The number of nitrogens with zero attached hydrogens (tertiary/aromatic N) is 2. The molecule has 27 heavy (non-hydrogen) atoms. The van der Waals surface area contributed by atoms with Gasteiger partial charge in [-0.1, -0.05) is 18.5 Å². The largest absolute Gasteiger partial charge is 0.493 e. The van der Waals surface area contributed by atoms with Crippen LogP contribution in [0.25, 0.3) is 0 Å². The first kappa shape index (κ1) is 21.3. The molecule has 1 aromatic heterocycles. The predicted octanol–water partition coefficient (Wildman–Crippen LogP) is 4.02. The molecule has 0 atom stereocenters. The van der Waals surface area contributed by atoms with Crippen molar-refractivity contribution in [2.45, 2.75) is 40.3 Å². The normalized spacial score (nSPS) is 11.4. The fourth-order valence-corrected chi connectivity index (χ4v) is 3.50. The van der Waals surface area contributed by atoms with E-state index >= 15 is 0 Å². The quantitative estimate of drug-likeness (QED) is 0.482. The number of aryl methyl sites for hydroxylation is 1. The summed E-state index contributed by atoms with van der Waals surface area (Å²) in [6.07, 6.45) is 2.94. The summed E-state index contributed by atoms with van der Waals surface area (Å²) in [5, 5.41) is 8.13. The number of aliphatic imine (C=N–C) groups is 1. The molecule has 8 heteroatoms. The Labute approximate surface area is 170 Å². The Morgan fingerprint density at radius 1 is 1.26 bits per heavy atom. The number of nitrogens with one attached hydrogen (secondary N) is 2. The van der Waals surface area contributed by atoms with Crippen molar-refractivity contribution in [3.05, 3.63) is 38.8 Å². The van der Waals surface area contributed by atoms with Gasteiger partial charge in [-0.05, 0) is 38.0 Å². The second-order valence-electron chi connectivity index (χ2n) is 5.66. The standard InChI is InChI=1S/C19H27ClN4O2S/c1-5-14-11-22-17(27-14)12-24-19(21-6-2)23-10-13-8-15(20)18(26-7-3)16(9-13)25-4/h8-9,11H,5-7,10,12H2,1-4H3,(H2,21,23,24). The molecule has 2 rings (SSSR count). The molecule has 0 spiro atoms. The van der Waals surface area contributed by atoms with Crippen molar-refractivity contribution in [1.29, 1.82) is 0 Å². The fraction of sp³-hybridized carbons (Fsp3) is 0.474. The number of aromatic nitrogens is 1. The third kappa shape index (κ3) is 6.29. The Hall–Kier alpha value is -1.99. The Kier molecular flexibility index (Phi) is 8.67. The van der Waals surface area contributed by atoms with E-state index in [1.165, 1.54) is 4.88 Å². The minimum Gasteiger partial charge on any atom is -0.493 e. The van der Waals surface area contributed by atoms with Crippen LogP contribution in [0.1, 0.15) is 36.2 Å². The maximum absolute atomic E-state index is 6.33. The minimum absolute atomic E-state index is 0.468. The summed E-state index contributed by atoms with van der Waals surface area (Å²) in [6.45, 7) is 8.49. The van der Waals surface area contributed by atoms with Gasteiger partial charge in [-0.15, -0.1) is 11.3 Å². The highest BCUT2D eigenvalue weighted by Crippen LogP contribution is 2.36. The lowest BCUT2D eigenvalue weighted by Gasteiger charge is -2.13. The van der Waals surface area contributed by atoms with Crippen molar-refractivity contribution in [3.8, 4) is 11.5 Å². The van der Waals surface area contributed by atoms with Crippen LogP contribution in [-0.4, -0.2) is 31.2 Å². The highest BCUT2D eigenvalue weighted by atomic mass is 35.5.